The summed E-state index contributed by atoms with van der Waals surface area (Å²) < 4.78 is 0. The summed E-state index contributed by atoms with van der Waals surface area (Å²) >= 11 is 0. The molecule has 100 valence electrons. The van der Waals surface area contributed by atoms with Gasteiger partial charge in [0.2, 0.25) is 0 Å². The van der Waals surface area contributed by atoms with Crippen molar-refractivity contribution in [3.05, 3.63) is 23.9 Å². The molecule has 4 heteroatoms. The molecule has 0 atom stereocenters. The summed E-state index contributed by atoms with van der Waals surface area (Å²) in [5.74, 6) is 0.783. The quantitative estimate of drug-likeness (QED) is 0.872. The molecule has 0 bridgehead atoms. The van der Waals surface area contributed by atoms with E-state index in [2.05, 4.69) is 31.1 Å². The number of amides is 1. The molecule has 1 N–H and O–H groups in total. The van der Waals surface area contributed by atoms with E-state index in [0.717, 1.165) is 18.7 Å². The second-order valence-corrected chi connectivity index (χ2v) is 5.39. The molecule has 0 aliphatic carbocycles. The van der Waals surface area contributed by atoms with Gasteiger partial charge in [-0.1, -0.05) is 13.3 Å². The van der Waals surface area contributed by atoms with Crippen molar-refractivity contribution >= 4 is 11.7 Å². The van der Waals surface area contributed by atoms with Gasteiger partial charge in [0, 0.05) is 25.8 Å². The number of nitrogens with one attached hydrogen (secondary N) is 1. The topological polar surface area (TPSA) is 45.2 Å². The normalized spacial score (nSPS) is 11.2. The third-order valence-corrected chi connectivity index (χ3v) is 2.76. The van der Waals surface area contributed by atoms with Crippen molar-refractivity contribution in [2.24, 2.45) is 0 Å². The predicted molar refractivity (Wildman–Crippen MR) is 74.9 cm³/mol. The molecule has 0 saturated heterocycles. The van der Waals surface area contributed by atoms with E-state index >= 15 is 0 Å². The van der Waals surface area contributed by atoms with Gasteiger partial charge in [0.25, 0.3) is 5.91 Å². The van der Waals surface area contributed by atoms with Crippen molar-refractivity contribution in [1.29, 1.82) is 0 Å². The minimum atomic E-state index is -0.0260. The molecule has 1 aromatic heterocycles. The number of carbonyl (C=O) groups excluding carboxylic acids is 1. The summed E-state index contributed by atoms with van der Waals surface area (Å²) in [6, 6.07) is 3.66. The predicted octanol–water partition coefficient (Wildman–Crippen LogP) is 2.77. The van der Waals surface area contributed by atoms with Crippen LogP contribution in [-0.4, -0.2) is 35.4 Å². The lowest BCUT2D eigenvalue weighted by molar-refractivity contribution is 0.0827. The summed E-state index contributed by atoms with van der Waals surface area (Å²) in [5.41, 5.74) is 0.633. The molecule has 18 heavy (non-hydrogen) atoms. The maximum absolute atomic E-state index is 11.7. The molecule has 0 aromatic carbocycles. The number of carbonyl (C=O) groups is 1. The minimum Gasteiger partial charge on any atom is -0.365 e. The lowest BCUT2D eigenvalue weighted by atomic mass is 9.99. The zero-order chi connectivity index (χ0) is 13.8. The van der Waals surface area contributed by atoms with Crippen molar-refractivity contribution in [2.75, 3.05) is 19.4 Å². The number of anilines is 1. The number of hydrogen-bond donors (Lipinski definition) is 1. The van der Waals surface area contributed by atoms with Crippen LogP contribution in [0.2, 0.25) is 0 Å². The van der Waals surface area contributed by atoms with E-state index in [9.17, 15) is 4.79 Å². The van der Waals surface area contributed by atoms with Crippen molar-refractivity contribution in [3.63, 3.8) is 0 Å². The van der Waals surface area contributed by atoms with Crippen molar-refractivity contribution in [1.82, 2.24) is 9.88 Å². The highest BCUT2D eigenvalue weighted by Gasteiger charge is 2.16. The zero-order valence-corrected chi connectivity index (χ0v) is 11.9. The summed E-state index contributed by atoms with van der Waals surface area (Å²) in [6.07, 6.45) is 3.82. The molecule has 0 radical (unpaired) electrons. The first kappa shape index (κ1) is 14.5. The number of pyridine rings is 1. The fraction of sp³-hybridized carbons (Fsp3) is 0.571. The summed E-state index contributed by atoms with van der Waals surface area (Å²) in [5, 5.41) is 3.38. The van der Waals surface area contributed by atoms with Gasteiger partial charge < -0.3 is 10.2 Å². The first-order valence-electron chi connectivity index (χ1n) is 6.31. The van der Waals surface area contributed by atoms with Gasteiger partial charge in [0.1, 0.15) is 5.82 Å². The van der Waals surface area contributed by atoms with E-state index in [0.29, 0.717) is 5.56 Å². The Morgan fingerprint density at radius 1 is 1.39 bits per heavy atom. The Balaban J connectivity index is 2.75. The van der Waals surface area contributed by atoms with Gasteiger partial charge in [-0.05, 0) is 32.4 Å². The third kappa shape index (κ3) is 4.02. The standard InChI is InChI=1S/C14H23N3O/c1-6-9-14(2,3)16-12-8-7-11(10-15-12)13(18)17(4)5/h7-8,10H,6,9H2,1-5H3,(H,15,16). The van der Waals surface area contributed by atoms with Crippen LogP contribution in [-0.2, 0) is 0 Å². The zero-order valence-electron chi connectivity index (χ0n) is 11.9. The average molecular weight is 249 g/mol. The van der Waals surface area contributed by atoms with Gasteiger partial charge >= 0.3 is 0 Å². The number of nitrogens with zero attached hydrogens (tertiary/aromatic N) is 2. The van der Waals surface area contributed by atoms with Crippen LogP contribution in [0, 0.1) is 0 Å². The summed E-state index contributed by atoms with van der Waals surface area (Å²) in [4.78, 5) is 17.5. The van der Waals surface area contributed by atoms with E-state index in [1.807, 2.05) is 6.07 Å². The molecular weight excluding hydrogens is 226 g/mol. The Labute approximate surface area is 109 Å². The Hall–Kier alpha value is -1.58. The monoisotopic (exact) mass is 249 g/mol. The molecule has 1 rings (SSSR count). The van der Waals surface area contributed by atoms with Crippen molar-refractivity contribution < 1.29 is 4.79 Å². The smallest absolute Gasteiger partial charge is 0.254 e. The van der Waals surface area contributed by atoms with Gasteiger partial charge in [-0.15, -0.1) is 0 Å². The van der Waals surface area contributed by atoms with E-state index in [1.54, 1.807) is 31.3 Å². The summed E-state index contributed by atoms with van der Waals surface area (Å²) in [6.45, 7) is 6.46. The Morgan fingerprint density at radius 2 is 2.06 bits per heavy atom. The van der Waals surface area contributed by atoms with E-state index in [4.69, 9.17) is 0 Å². The molecule has 0 fully saturated rings. The van der Waals surface area contributed by atoms with Gasteiger partial charge in [-0.25, -0.2) is 4.98 Å². The van der Waals surface area contributed by atoms with E-state index < -0.39 is 0 Å². The largest absolute Gasteiger partial charge is 0.365 e. The number of rotatable bonds is 5. The van der Waals surface area contributed by atoms with Crippen LogP contribution < -0.4 is 5.32 Å². The highest BCUT2D eigenvalue weighted by Crippen LogP contribution is 2.18. The van der Waals surface area contributed by atoms with Gasteiger partial charge in [0.05, 0.1) is 5.56 Å². The molecule has 1 aromatic rings. The van der Waals surface area contributed by atoms with Crippen LogP contribution in [0.5, 0.6) is 0 Å². The summed E-state index contributed by atoms with van der Waals surface area (Å²) in [7, 11) is 3.47. The first-order chi connectivity index (χ1) is 8.35. The highest BCUT2D eigenvalue weighted by atomic mass is 16.2. The molecular formula is C14H23N3O. The maximum atomic E-state index is 11.7. The van der Waals surface area contributed by atoms with Gasteiger partial charge in [-0.2, -0.15) is 0 Å². The Bertz CT molecular complexity index is 396. The number of aromatic nitrogens is 1. The molecule has 0 aliphatic rings. The van der Waals surface area contributed by atoms with Gasteiger partial charge in [0.15, 0.2) is 0 Å². The van der Waals surface area contributed by atoms with Crippen LogP contribution in [0.3, 0.4) is 0 Å². The van der Waals surface area contributed by atoms with Gasteiger partial charge in [-0.3, -0.25) is 4.79 Å². The second-order valence-electron chi connectivity index (χ2n) is 5.39. The van der Waals surface area contributed by atoms with E-state index in [1.165, 1.54) is 0 Å². The van der Waals surface area contributed by atoms with Crippen LogP contribution >= 0.6 is 0 Å². The maximum Gasteiger partial charge on any atom is 0.254 e. The second kappa shape index (κ2) is 5.85. The van der Waals surface area contributed by atoms with Crippen LogP contribution in [0.25, 0.3) is 0 Å². The van der Waals surface area contributed by atoms with Crippen molar-refractivity contribution in [2.45, 2.75) is 39.2 Å². The fourth-order valence-electron chi connectivity index (χ4n) is 1.89. The lowest BCUT2D eigenvalue weighted by Gasteiger charge is -2.26. The van der Waals surface area contributed by atoms with Crippen LogP contribution in [0.1, 0.15) is 44.0 Å². The third-order valence-electron chi connectivity index (χ3n) is 2.76. The molecule has 1 amide bonds. The molecule has 4 nitrogen and oxygen atoms in total. The van der Waals surface area contributed by atoms with Crippen LogP contribution in [0.4, 0.5) is 5.82 Å². The Morgan fingerprint density at radius 3 is 2.50 bits per heavy atom. The molecule has 0 aliphatic heterocycles. The molecule has 0 saturated carbocycles. The average Bonchev–Trinajstić information content (AvgIpc) is 2.28. The van der Waals surface area contributed by atoms with Crippen LogP contribution in [0.15, 0.2) is 18.3 Å². The molecule has 1 heterocycles. The molecule has 0 unspecified atom stereocenters. The Kier molecular flexibility index (Phi) is 4.70. The minimum absolute atomic E-state index is 0.0226. The van der Waals surface area contributed by atoms with Crippen molar-refractivity contribution in [3.8, 4) is 0 Å². The van der Waals surface area contributed by atoms with E-state index in [-0.39, 0.29) is 11.4 Å². The SMILES string of the molecule is CCCC(C)(C)Nc1ccc(C(=O)N(C)C)cn1. The first-order valence-corrected chi connectivity index (χ1v) is 6.31. The fourth-order valence-corrected chi connectivity index (χ4v) is 1.89. The highest BCUT2D eigenvalue weighted by molar-refractivity contribution is 5.93. The lowest BCUT2D eigenvalue weighted by Crippen LogP contribution is -2.31. The number of hydrogen-bond acceptors (Lipinski definition) is 3. The molecule has 0 spiro atoms.